The second-order valence-corrected chi connectivity index (χ2v) is 5.75. The number of halogens is 1. The van der Waals surface area contributed by atoms with Gasteiger partial charge in [0.2, 0.25) is 0 Å². The van der Waals surface area contributed by atoms with Gasteiger partial charge < -0.3 is 5.32 Å². The van der Waals surface area contributed by atoms with Crippen LogP contribution in [0.2, 0.25) is 5.02 Å². The second-order valence-electron chi connectivity index (χ2n) is 4.43. The standard InChI is InChI=1S/C12H15ClN4OS/c1-7(2)17-12(18)11(13)9(4-16-17)14-5-10-8(3)15-6-19-10/h4,6-7,14H,5H2,1-3H3. The van der Waals surface area contributed by atoms with E-state index in [-0.39, 0.29) is 16.6 Å². The first-order chi connectivity index (χ1) is 9.00. The summed E-state index contributed by atoms with van der Waals surface area (Å²) in [6, 6.07) is -0.0113. The second kappa shape index (κ2) is 5.71. The zero-order valence-electron chi connectivity index (χ0n) is 11.0. The summed E-state index contributed by atoms with van der Waals surface area (Å²) in [4.78, 5) is 17.3. The molecule has 0 atom stereocenters. The highest BCUT2D eigenvalue weighted by molar-refractivity contribution is 7.09. The van der Waals surface area contributed by atoms with Crippen LogP contribution in [0.5, 0.6) is 0 Å². The van der Waals surface area contributed by atoms with Gasteiger partial charge in [-0.25, -0.2) is 9.67 Å². The number of anilines is 1. The van der Waals surface area contributed by atoms with Crippen molar-refractivity contribution in [3.8, 4) is 0 Å². The summed E-state index contributed by atoms with van der Waals surface area (Å²) in [5.41, 5.74) is 3.05. The maximum absolute atomic E-state index is 12.0. The average Bonchev–Trinajstić information content (AvgIpc) is 2.76. The molecule has 0 spiro atoms. The van der Waals surface area contributed by atoms with Crippen LogP contribution < -0.4 is 10.9 Å². The van der Waals surface area contributed by atoms with Crippen LogP contribution in [0.3, 0.4) is 0 Å². The van der Waals surface area contributed by atoms with Crippen molar-refractivity contribution < 1.29 is 0 Å². The molecule has 2 heterocycles. The minimum Gasteiger partial charge on any atom is -0.377 e. The summed E-state index contributed by atoms with van der Waals surface area (Å²) in [7, 11) is 0. The van der Waals surface area contributed by atoms with Crippen LogP contribution in [0.25, 0.3) is 0 Å². The Bertz CT molecular complexity index is 635. The molecule has 0 unspecified atom stereocenters. The molecule has 102 valence electrons. The van der Waals surface area contributed by atoms with E-state index in [1.165, 1.54) is 4.68 Å². The molecular weight excluding hydrogens is 284 g/mol. The quantitative estimate of drug-likeness (QED) is 0.943. The van der Waals surface area contributed by atoms with E-state index < -0.39 is 0 Å². The van der Waals surface area contributed by atoms with Gasteiger partial charge in [0.25, 0.3) is 5.56 Å². The lowest BCUT2D eigenvalue weighted by Crippen LogP contribution is -2.25. The molecule has 0 fully saturated rings. The van der Waals surface area contributed by atoms with Gasteiger partial charge in [0, 0.05) is 4.88 Å². The Kier molecular flexibility index (Phi) is 4.21. The van der Waals surface area contributed by atoms with Crippen LogP contribution in [0.1, 0.15) is 30.5 Å². The maximum Gasteiger partial charge on any atom is 0.287 e. The Hall–Kier alpha value is -1.40. The molecule has 2 rings (SSSR count). The topological polar surface area (TPSA) is 59.8 Å². The fraction of sp³-hybridized carbons (Fsp3) is 0.417. The van der Waals surface area contributed by atoms with Gasteiger partial charge in [0.05, 0.1) is 35.7 Å². The van der Waals surface area contributed by atoms with Crippen molar-refractivity contribution in [2.45, 2.75) is 33.4 Å². The number of aromatic nitrogens is 3. The van der Waals surface area contributed by atoms with Gasteiger partial charge in [0.15, 0.2) is 0 Å². The van der Waals surface area contributed by atoms with Gasteiger partial charge >= 0.3 is 0 Å². The van der Waals surface area contributed by atoms with Crippen LogP contribution in [0, 0.1) is 6.92 Å². The third kappa shape index (κ3) is 2.96. The van der Waals surface area contributed by atoms with Crippen LogP contribution in [-0.2, 0) is 6.54 Å². The predicted molar refractivity (Wildman–Crippen MR) is 78.1 cm³/mol. The first-order valence-corrected chi connectivity index (χ1v) is 7.16. The highest BCUT2D eigenvalue weighted by Crippen LogP contribution is 2.19. The van der Waals surface area contributed by atoms with E-state index in [1.807, 2.05) is 20.8 Å². The molecule has 0 aliphatic heterocycles. The number of nitrogens with one attached hydrogen (secondary N) is 1. The van der Waals surface area contributed by atoms with Crippen LogP contribution in [0.4, 0.5) is 5.69 Å². The van der Waals surface area contributed by atoms with E-state index >= 15 is 0 Å². The fourth-order valence-electron chi connectivity index (χ4n) is 1.61. The first-order valence-electron chi connectivity index (χ1n) is 5.91. The molecule has 0 saturated carbocycles. The molecule has 0 amide bonds. The molecule has 0 saturated heterocycles. The lowest BCUT2D eigenvalue weighted by Gasteiger charge is -2.11. The van der Waals surface area contributed by atoms with Gasteiger partial charge in [-0.1, -0.05) is 11.6 Å². The predicted octanol–water partition coefficient (Wildman–Crippen LogP) is 2.85. The molecule has 0 aliphatic rings. The fourth-order valence-corrected chi connectivity index (χ4v) is 2.53. The van der Waals surface area contributed by atoms with Crippen LogP contribution >= 0.6 is 22.9 Å². The van der Waals surface area contributed by atoms with Crippen molar-refractivity contribution >= 4 is 28.6 Å². The van der Waals surface area contributed by atoms with Gasteiger partial charge in [0.1, 0.15) is 5.02 Å². The molecule has 19 heavy (non-hydrogen) atoms. The van der Waals surface area contributed by atoms with E-state index in [9.17, 15) is 4.79 Å². The summed E-state index contributed by atoms with van der Waals surface area (Å²) in [6.07, 6.45) is 1.58. The summed E-state index contributed by atoms with van der Waals surface area (Å²) in [5.74, 6) is 0. The van der Waals surface area contributed by atoms with E-state index in [4.69, 9.17) is 11.6 Å². The molecule has 0 aromatic carbocycles. The maximum atomic E-state index is 12.0. The van der Waals surface area contributed by atoms with E-state index in [0.717, 1.165) is 10.6 Å². The average molecular weight is 299 g/mol. The van der Waals surface area contributed by atoms with Crippen LogP contribution in [-0.4, -0.2) is 14.8 Å². The molecule has 7 heteroatoms. The molecule has 0 radical (unpaired) electrons. The molecule has 1 N–H and O–H groups in total. The number of rotatable bonds is 4. The monoisotopic (exact) mass is 298 g/mol. The number of hydrogen-bond acceptors (Lipinski definition) is 5. The molecule has 2 aromatic rings. The molecule has 5 nitrogen and oxygen atoms in total. The van der Waals surface area contributed by atoms with Gasteiger partial charge in [-0.2, -0.15) is 5.10 Å². The summed E-state index contributed by atoms with van der Waals surface area (Å²) >= 11 is 7.64. The van der Waals surface area contributed by atoms with E-state index in [2.05, 4.69) is 15.4 Å². The van der Waals surface area contributed by atoms with E-state index in [0.29, 0.717) is 12.2 Å². The highest BCUT2D eigenvalue weighted by Gasteiger charge is 2.11. The highest BCUT2D eigenvalue weighted by atomic mass is 35.5. The third-order valence-corrected chi connectivity index (χ3v) is 4.02. The van der Waals surface area contributed by atoms with Crippen molar-refractivity contribution in [3.05, 3.63) is 37.7 Å². The van der Waals surface area contributed by atoms with Crippen molar-refractivity contribution in [2.24, 2.45) is 0 Å². The smallest absolute Gasteiger partial charge is 0.287 e. The Balaban J connectivity index is 2.20. The third-order valence-electron chi connectivity index (χ3n) is 2.72. The van der Waals surface area contributed by atoms with Crippen molar-refractivity contribution in [3.63, 3.8) is 0 Å². The Morgan fingerprint density at radius 1 is 1.53 bits per heavy atom. The minimum absolute atomic E-state index is 0.0113. The number of nitrogens with zero attached hydrogens (tertiary/aromatic N) is 3. The Morgan fingerprint density at radius 2 is 2.26 bits per heavy atom. The van der Waals surface area contributed by atoms with Gasteiger partial charge in [-0.15, -0.1) is 11.3 Å². The van der Waals surface area contributed by atoms with Crippen molar-refractivity contribution in [1.82, 2.24) is 14.8 Å². The molecular formula is C12H15ClN4OS. The van der Waals surface area contributed by atoms with Crippen molar-refractivity contribution in [2.75, 3.05) is 5.32 Å². The zero-order valence-corrected chi connectivity index (χ0v) is 12.5. The minimum atomic E-state index is -0.275. The zero-order chi connectivity index (χ0) is 14.0. The summed E-state index contributed by atoms with van der Waals surface area (Å²) in [5, 5.41) is 7.40. The SMILES string of the molecule is Cc1ncsc1CNc1cnn(C(C)C)c(=O)c1Cl. The van der Waals surface area contributed by atoms with Gasteiger partial charge in [-0.3, -0.25) is 4.79 Å². The molecule has 2 aromatic heterocycles. The van der Waals surface area contributed by atoms with Gasteiger partial charge in [-0.05, 0) is 20.8 Å². The summed E-state index contributed by atoms with van der Waals surface area (Å²) < 4.78 is 1.37. The number of thiazole rings is 1. The lowest BCUT2D eigenvalue weighted by molar-refractivity contribution is 0.503. The first kappa shape index (κ1) is 14.0. The van der Waals surface area contributed by atoms with E-state index in [1.54, 1.807) is 23.0 Å². The number of hydrogen-bond donors (Lipinski definition) is 1. The van der Waals surface area contributed by atoms with Crippen molar-refractivity contribution in [1.29, 1.82) is 0 Å². The Morgan fingerprint density at radius 3 is 2.84 bits per heavy atom. The molecule has 0 bridgehead atoms. The Labute approximate surface area is 120 Å². The lowest BCUT2D eigenvalue weighted by atomic mass is 10.3. The summed E-state index contributed by atoms with van der Waals surface area (Å²) in [6.45, 7) is 6.31. The van der Waals surface area contributed by atoms with Crippen LogP contribution in [0.15, 0.2) is 16.5 Å². The number of aryl methyl sites for hydroxylation is 1. The molecule has 0 aliphatic carbocycles. The normalized spacial score (nSPS) is 11.0. The largest absolute Gasteiger partial charge is 0.377 e.